The normalized spacial score (nSPS) is 17.8. The van der Waals surface area contributed by atoms with E-state index in [1.54, 1.807) is 6.92 Å². The Morgan fingerprint density at radius 3 is 2.74 bits per heavy atom. The Hall–Kier alpha value is -1.98. The predicted molar refractivity (Wildman–Crippen MR) is 79.3 cm³/mol. The molecule has 0 fully saturated rings. The number of carbonyl (C=O) groups is 1. The van der Waals surface area contributed by atoms with Crippen molar-refractivity contribution in [1.82, 2.24) is 0 Å². The number of benzene rings is 1. The molecule has 1 aromatic carbocycles. The first-order valence-electron chi connectivity index (χ1n) is 7.58. The lowest BCUT2D eigenvalue weighted by Gasteiger charge is -2.21. The highest BCUT2D eigenvalue weighted by atomic mass is 19.4. The summed E-state index contributed by atoms with van der Waals surface area (Å²) in [6, 6.07) is 3.36. The molecule has 0 heterocycles. The van der Waals surface area contributed by atoms with Gasteiger partial charge in [0.25, 0.3) is 0 Å². The molecule has 0 N–H and O–H groups in total. The average Bonchev–Trinajstić information content (AvgIpc) is 2.53. The number of esters is 1. The third-order valence-corrected chi connectivity index (χ3v) is 3.64. The second-order valence-electron chi connectivity index (χ2n) is 5.31. The first-order valence-corrected chi connectivity index (χ1v) is 7.58. The number of carbonyl (C=O) groups excluding carboxylic acids is 1. The lowest BCUT2D eigenvalue weighted by atomic mass is 9.88. The van der Waals surface area contributed by atoms with Gasteiger partial charge in [0, 0.05) is 11.5 Å². The minimum absolute atomic E-state index is 0.136. The van der Waals surface area contributed by atoms with Crippen LogP contribution >= 0.6 is 0 Å². The molecule has 1 aromatic rings. The average molecular weight is 328 g/mol. The van der Waals surface area contributed by atoms with E-state index in [-0.39, 0.29) is 19.1 Å². The van der Waals surface area contributed by atoms with Gasteiger partial charge in [0.15, 0.2) is 6.61 Å². The first-order chi connectivity index (χ1) is 10.9. The highest BCUT2D eigenvalue weighted by Crippen LogP contribution is 2.38. The van der Waals surface area contributed by atoms with Crippen molar-refractivity contribution in [2.24, 2.45) is 0 Å². The fraction of sp³-hybridized carbons (Fsp3) is 0.471. The minimum Gasteiger partial charge on any atom is -0.482 e. The van der Waals surface area contributed by atoms with E-state index < -0.39 is 17.7 Å². The molecule has 126 valence electrons. The summed E-state index contributed by atoms with van der Waals surface area (Å²) in [6.45, 7) is 1.59. The zero-order valence-corrected chi connectivity index (χ0v) is 12.9. The number of hydrogen-bond acceptors (Lipinski definition) is 3. The lowest BCUT2D eigenvalue weighted by Crippen LogP contribution is -2.16. The maximum atomic E-state index is 12.9. The summed E-state index contributed by atoms with van der Waals surface area (Å²) < 4.78 is 49.0. The molecule has 0 amide bonds. The number of alkyl halides is 3. The standard InChI is InChI=1S/C17H19F3O3/c1-2-22-16(21)11-23-15-9-8-13(17(18,19)20)10-14(15)12-6-4-3-5-7-12/h4,6,8-10,12H,2-3,5,7,11H2,1H3. The summed E-state index contributed by atoms with van der Waals surface area (Å²) in [5.74, 6) is -0.386. The van der Waals surface area contributed by atoms with Gasteiger partial charge in [0.05, 0.1) is 12.2 Å². The van der Waals surface area contributed by atoms with Crippen LogP contribution in [0.1, 0.15) is 43.2 Å². The van der Waals surface area contributed by atoms with E-state index >= 15 is 0 Å². The smallest absolute Gasteiger partial charge is 0.416 e. The van der Waals surface area contributed by atoms with Crippen LogP contribution < -0.4 is 4.74 Å². The molecule has 23 heavy (non-hydrogen) atoms. The molecule has 3 nitrogen and oxygen atoms in total. The Morgan fingerprint density at radius 1 is 1.35 bits per heavy atom. The van der Waals surface area contributed by atoms with Crippen molar-refractivity contribution in [1.29, 1.82) is 0 Å². The molecule has 1 unspecified atom stereocenters. The predicted octanol–water partition coefficient (Wildman–Crippen LogP) is 4.47. The molecule has 2 rings (SSSR count). The van der Waals surface area contributed by atoms with Crippen LogP contribution in [0.4, 0.5) is 13.2 Å². The SMILES string of the molecule is CCOC(=O)COc1ccc(C(F)(F)F)cc1C1C=CCCC1. The molecule has 0 radical (unpaired) electrons. The van der Waals surface area contributed by atoms with Crippen LogP contribution in [-0.2, 0) is 15.7 Å². The Kier molecular flexibility index (Phi) is 5.69. The first kappa shape index (κ1) is 17.4. The molecule has 1 aliphatic rings. The van der Waals surface area contributed by atoms with Crippen molar-refractivity contribution >= 4 is 5.97 Å². The van der Waals surface area contributed by atoms with E-state index in [0.29, 0.717) is 11.3 Å². The van der Waals surface area contributed by atoms with E-state index in [2.05, 4.69) is 0 Å². The highest BCUT2D eigenvalue weighted by Gasteiger charge is 2.32. The molecule has 0 saturated heterocycles. The van der Waals surface area contributed by atoms with Crippen molar-refractivity contribution in [3.05, 3.63) is 41.5 Å². The van der Waals surface area contributed by atoms with Crippen LogP contribution in [0.5, 0.6) is 5.75 Å². The summed E-state index contributed by atoms with van der Waals surface area (Å²) in [7, 11) is 0. The zero-order chi connectivity index (χ0) is 16.9. The van der Waals surface area contributed by atoms with Gasteiger partial charge in [0.1, 0.15) is 5.75 Å². The highest BCUT2D eigenvalue weighted by molar-refractivity contribution is 5.71. The molecule has 0 spiro atoms. The van der Waals surface area contributed by atoms with E-state index in [1.165, 1.54) is 6.07 Å². The molecule has 0 bridgehead atoms. The number of allylic oxidation sites excluding steroid dienone is 2. The van der Waals surface area contributed by atoms with Crippen molar-refractivity contribution in [2.75, 3.05) is 13.2 Å². The number of ether oxygens (including phenoxy) is 2. The summed E-state index contributed by atoms with van der Waals surface area (Å²) >= 11 is 0. The number of halogens is 3. The Labute approximate surface area is 133 Å². The van der Waals surface area contributed by atoms with E-state index in [9.17, 15) is 18.0 Å². The summed E-state index contributed by atoms with van der Waals surface area (Å²) in [4.78, 5) is 11.4. The van der Waals surface area contributed by atoms with Crippen LogP contribution in [0.2, 0.25) is 0 Å². The topological polar surface area (TPSA) is 35.5 Å². The van der Waals surface area contributed by atoms with Crippen molar-refractivity contribution in [3.63, 3.8) is 0 Å². The molecular weight excluding hydrogens is 309 g/mol. The van der Waals surface area contributed by atoms with Crippen molar-refractivity contribution in [3.8, 4) is 5.75 Å². The van der Waals surface area contributed by atoms with Gasteiger partial charge in [-0.3, -0.25) is 0 Å². The second kappa shape index (κ2) is 7.53. The molecule has 0 aromatic heterocycles. The number of hydrogen-bond donors (Lipinski definition) is 0. The molecule has 1 aliphatic carbocycles. The third-order valence-electron chi connectivity index (χ3n) is 3.64. The maximum absolute atomic E-state index is 12.9. The monoisotopic (exact) mass is 328 g/mol. The largest absolute Gasteiger partial charge is 0.482 e. The number of rotatable bonds is 5. The summed E-state index contributed by atoms with van der Waals surface area (Å²) in [5, 5.41) is 0. The van der Waals surface area contributed by atoms with Crippen LogP contribution in [0.15, 0.2) is 30.4 Å². The van der Waals surface area contributed by atoms with Gasteiger partial charge >= 0.3 is 12.1 Å². The maximum Gasteiger partial charge on any atom is 0.416 e. The van der Waals surface area contributed by atoms with Gasteiger partial charge < -0.3 is 9.47 Å². The fourth-order valence-corrected chi connectivity index (χ4v) is 2.56. The van der Waals surface area contributed by atoms with Crippen LogP contribution in [0.3, 0.4) is 0 Å². The van der Waals surface area contributed by atoms with Crippen molar-refractivity contribution in [2.45, 2.75) is 38.3 Å². The fourth-order valence-electron chi connectivity index (χ4n) is 2.56. The molecule has 0 saturated carbocycles. The van der Waals surface area contributed by atoms with E-state index in [0.717, 1.165) is 31.4 Å². The Morgan fingerprint density at radius 2 is 2.13 bits per heavy atom. The summed E-state index contributed by atoms with van der Waals surface area (Å²) in [5.41, 5.74) is -0.255. The molecule has 1 atom stereocenters. The third kappa shape index (κ3) is 4.74. The molecule has 0 aliphatic heterocycles. The minimum atomic E-state index is -4.41. The Balaban J connectivity index is 2.27. The zero-order valence-electron chi connectivity index (χ0n) is 12.9. The molecular formula is C17H19F3O3. The van der Waals surface area contributed by atoms with Gasteiger partial charge in [-0.2, -0.15) is 13.2 Å². The van der Waals surface area contributed by atoms with Gasteiger partial charge in [-0.15, -0.1) is 0 Å². The van der Waals surface area contributed by atoms with E-state index in [1.807, 2.05) is 12.2 Å². The molecule has 6 heteroatoms. The van der Waals surface area contributed by atoms with E-state index in [4.69, 9.17) is 9.47 Å². The second-order valence-corrected chi connectivity index (χ2v) is 5.31. The quantitative estimate of drug-likeness (QED) is 0.591. The Bertz CT molecular complexity index is 579. The van der Waals surface area contributed by atoms with Gasteiger partial charge in [0.2, 0.25) is 0 Å². The van der Waals surface area contributed by atoms with Crippen LogP contribution in [-0.4, -0.2) is 19.2 Å². The van der Waals surface area contributed by atoms with Gasteiger partial charge in [-0.1, -0.05) is 12.2 Å². The summed E-state index contributed by atoms with van der Waals surface area (Å²) in [6.07, 6.45) is 2.04. The lowest BCUT2D eigenvalue weighted by molar-refractivity contribution is -0.145. The van der Waals surface area contributed by atoms with Crippen molar-refractivity contribution < 1.29 is 27.4 Å². The van der Waals surface area contributed by atoms with Crippen LogP contribution in [0.25, 0.3) is 0 Å². The van der Waals surface area contributed by atoms with Gasteiger partial charge in [-0.25, -0.2) is 4.79 Å². The van der Waals surface area contributed by atoms with Crippen LogP contribution in [0, 0.1) is 0 Å². The van der Waals surface area contributed by atoms with Gasteiger partial charge in [-0.05, 0) is 44.4 Å².